The molecule has 0 aliphatic carbocycles. The Balaban J connectivity index is 2.00. The Morgan fingerprint density at radius 3 is 2.80 bits per heavy atom. The molecular weight excluding hydrogens is 130 g/mol. The second-order valence-corrected chi connectivity index (χ2v) is 2.85. The summed E-state index contributed by atoms with van der Waals surface area (Å²) in [6, 6.07) is 0.273. The normalized spacial score (nSPS) is 24.3. The number of amides is 1. The summed E-state index contributed by atoms with van der Waals surface area (Å²) in [5, 5.41) is 2.73. The van der Waals surface area contributed by atoms with Gasteiger partial charge in [0.05, 0.1) is 18.8 Å². The lowest BCUT2D eigenvalue weighted by Crippen LogP contribution is -2.51. The average Bonchev–Trinajstić information content (AvgIpc) is 1.77. The molecule has 58 valence electrons. The van der Waals surface area contributed by atoms with E-state index in [1.165, 1.54) is 0 Å². The first-order valence-corrected chi connectivity index (χ1v) is 3.59. The quantitative estimate of drug-likeness (QED) is 0.577. The second kappa shape index (κ2) is 3.01. The van der Waals surface area contributed by atoms with E-state index in [1.54, 1.807) is 0 Å². The number of β-lactam (4-membered cyclic amide) rings is 1. The van der Waals surface area contributed by atoms with E-state index in [-0.39, 0.29) is 18.1 Å². The summed E-state index contributed by atoms with van der Waals surface area (Å²) in [7, 11) is 0. The largest absolute Gasteiger partial charge is 0.377 e. The van der Waals surface area contributed by atoms with Crippen molar-refractivity contribution in [1.82, 2.24) is 5.32 Å². The fourth-order valence-corrected chi connectivity index (χ4v) is 0.840. The van der Waals surface area contributed by atoms with Gasteiger partial charge < -0.3 is 10.1 Å². The molecule has 0 saturated carbocycles. The Morgan fingerprint density at radius 2 is 2.40 bits per heavy atom. The number of carbonyl (C=O) groups excluding carboxylic acids is 1. The molecule has 1 fully saturated rings. The van der Waals surface area contributed by atoms with Crippen molar-refractivity contribution in [3.05, 3.63) is 0 Å². The first kappa shape index (κ1) is 7.54. The number of ether oxygens (including phenoxy) is 1. The standard InChI is InChI=1S/C7H13NO2/c1-5(2)10-4-6-3-7(9)8-6/h5-6H,3-4H2,1-2H3,(H,8,9). The Hall–Kier alpha value is -0.570. The van der Waals surface area contributed by atoms with Crippen LogP contribution in [0.1, 0.15) is 20.3 Å². The molecule has 1 amide bonds. The van der Waals surface area contributed by atoms with Crippen molar-refractivity contribution in [3.8, 4) is 0 Å². The molecule has 0 radical (unpaired) electrons. The Bertz CT molecular complexity index is 126. The van der Waals surface area contributed by atoms with Crippen molar-refractivity contribution >= 4 is 5.91 Å². The minimum atomic E-state index is 0.136. The van der Waals surface area contributed by atoms with Crippen LogP contribution in [0, 0.1) is 0 Å². The molecule has 0 aromatic rings. The van der Waals surface area contributed by atoms with E-state index >= 15 is 0 Å². The Kier molecular flexibility index (Phi) is 2.27. The molecule has 1 rings (SSSR count). The molecule has 3 heteroatoms. The van der Waals surface area contributed by atoms with Gasteiger partial charge in [0.15, 0.2) is 0 Å². The van der Waals surface area contributed by atoms with Gasteiger partial charge in [0, 0.05) is 6.42 Å². The molecule has 1 aliphatic rings. The van der Waals surface area contributed by atoms with Gasteiger partial charge in [-0.25, -0.2) is 0 Å². The summed E-state index contributed by atoms with van der Waals surface area (Å²) in [6.45, 7) is 4.63. The maximum absolute atomic E-state index is 10.4. The number of hydrogen-bond acceptors (Lipinski definition) is 2. The van der Waals surface area contributed by atoms with Crippen LogP contribution in [-0.4, -0.2) is 24.7 Å². The lowest BCUT2D eigenvalue weighted by atomic mass is 10.1. The number of carbonyl (C=O) groups is 1. The third-order valence-corrected chi connectivity index (χ3v) is 1.43. The molecule has 1 aliphatic heterocycles. The molecule has 0 aromatic heterocycles. The highest BCUT2D eigenvalue weighted by Crippen LogP contribution is 2.04. The van der Waals surface area contributed by atoms with Gasteiger partial charge in [0.2, 0.25) is 5.91 Å². The van der Waals surface area contributed by atoms with Gasteiger partial charge in [-0.2, -0.15) is 0 Å². The summed E-state index contributed by atoms with van der Waals surface area (Å²) in [5.74, 6) is 0.136. The van der Waals surface area contributed by atoms with E-state index in [4.69, 9.17) is 4.74 Å². The fraction of sp³-hybridized carbons (Fsp3) is 0.857. The lowest BCUT2D eigenvalue weighted by Gasteiger charge is -2.27. The van der Waals surface area contributed by atoms with Gasteiger partial charge in [-0.3, -0.25) is 4.79 Å². The van der Waals surface area contributed by atoms with Gasteiger partial charge in [0.25, 0.3) is 0 Å². The summed E-state index contributed by atoms with van der Waals surface area (Å²) in [6.07, 6.45) is 0.893. The van der Waals surface area contributed by atoms with Gasteiger partial charge in [-0.05, 0) is 13.8 Å². The molecule has 1 heterocycles. The van der Waals surface area contributed by atoms with E-state index in [1.807, 2.05) is 13.8 Å². The molecule has 10 heavy (non-hydrogen) atoms. The smallest absolute Gasteiger partial charge is 0.222 e. The van der Waals surface area contributed by atoms with Crippen LogP contribution in [0.2, 0.25) is 0 Å². The zero-order valence-electron chi connectivity index (χ0n) is 6.39. The average molecular weight is 143 g/mol. The zero-order valence-corrected chi connectivity index (χ0v) is 6.39. The first-order chi connectivity index (χ1) is 4.68. The van der Waals surface area contributed by atoms with Crippen LogP contribution in [0.25, 0.3) is 0 Å². The summed E-state index contributed by atoms with van der Waals surface area (Å²) >= 11 is 0. The highest BCUT2D eigenvalue weighted by atomic mass is 16.5. The third-order valence-electron chi connectivity index (χ3n) is 1.43. The summed E-state index contributed by atoms with van der Waals surface area (Å²) < 4.78 is 5.28. The number of rotatable bonds is 3. The van der Waals surface area contributed by atoms with Gasteiger partial charge in [-0.1, -0.05) is 0 Å². The molecule has 1 atom stereocenters. The number of hydrogen-bond donors (Lipinski definition) is 1. The first-order valence-electron chi connectivity index (χ1n) is 3.59. The van der Waals surface area contributed by atoms with E-state index in [0.717, 1.165) is 0 Å². The highest BCUT2D eigenvalue weighted by Gasteiger charge is 2.24. The van der Waals surface area contributed by atoms with Crippen LogP contribution in [-0.2, 0) is 9.53 Å². The molecule has 0 spiro atoms. The van der Waals surface area contributed by atoms with Crippen LogP contribution in [0.5, 0.6) is 0 Å². The van der Waals surface area contributed by atoms with Crippen LogP contribution >= 0.6 is 0 Å². The highest BCUT2D eigenvalue weighted by molar-refractivity contribution is 5.82. The molecule has 0 bridgehead atoms. The van der Waals surface area contributed by atoms with Gasteiger partial charge >= 0.3 is 0 Å². The molecule has 1 N–H and O–H groups in total. The molecule has 3 nitrogen and oxygen atoms in total. The van der Waals surface area contributed by atoms with E-state index in [9.17, 15) is 4.79 Å². The van der Waals surface area contributed by atoms with Crippen molar-refractivity contribution in [1.29, 1.82) is 0 Å². The third kappa shape index (κ3) is 1.99. The van der Waals surface area contributed by atoms with E-state index in [0.29, 0.717) is 13.0 Å². The predicted molar refractivity (Wildman–Crippen MR) is 37.6 cm³/mol. The van der Waals surface area contributed by atoms with Crippen LogP contribution in [0.15, 0.2) is 0 Å². The van der Waals surface area contributed by atoms with Crippen molar-refractivity contribution < 1.29 is 9.53 Å². The van der Waals surface area contributed by atoms with Crippen LogP contribution in [0.3, 0.4) is 0 Å². The van der Waals surface area contributed by atoms with E-state index < -0.39 is 0 Å². The molecular formula is C7H13NO2. The van der Waals surface area contributed by atoms with Crippen molar-refractivity contribution in [2.45, 2.75) is 32.4 Å². The van der Waals surface area contributed by atoms with Gasteiger partial charge in [0.1, 0.15) is 0 Å². The molecule has 0 aromatic carbocycles. The topological polar surface area (TPSA) is 38.3 Å². The predicted octanol–water partition coefficient (Wildman–Crippen LogP) is 0.300. The van der Waals surface area contributed by atoms with Crippen molar-refractivity contribution in [3.63, 3.8) is 0 Å². The van der Waals surface area contributed by atoms with Crippen LogP contribution in [0.4, 0.5) is 0 Å². The van der Waals surface area contributed by atoms with E-state index in [2.05, 4.69) is 5.32 Å². The van der Waals surface area contributed by atoms with Crippen LogP contribution < -0.4 is 5.32 Å². The Labute approximate surface area is 60.7 Å². The second-order valence-electron chi connectivity index (χ2n) is 2.85. The van der Waals surface area contributed by atoms with Crippen molar-refractivity contribution in [2.75, 3.05) is 6.61 Å². The molecule has 1 unspecified atom stereocenters. The summed E-state index contributed by atoms with van der Waals surface area (Å²) in [5.41, 5.74) is 0. The monoisotopic (exact) mass is 143 g/mol. The SMILES string of the molecule is CC(C)OCC1CC(=O)N1. The lowest BCUT2D eigenvalue weighted by molar-refractivity contribution is -0.130. The van der Waals surface area contributed by atoms with Crippen molar-refractivity contribution in [2.24, 2.45) is 0 Å². The van der Waals surface area contributed by atoms with Gasteiger partial charge in [-0.15, -0.1) is 0 Å². The summed E-state index contributed by atoms with van der Waals surface area (Å²) in [4.78, 5) is 10.4. The maximum Gasteiger partial charge on any atom is 0.222 e. The maximum atomic E-state index is 10.4. The Morgan fingerprint density at radius 1 is 1.80 bits per heavy atom. The fourth-order valence-electron chi connectivity index (χ4n) is 0.840. The number of nitrogens with one attached hydrogen (secondary N) is 1. The minimum absolute atomic E-state index is 0.136. The minimum Gasteiger partial charge on any atom is -0.377 e. The molecule has 1 saturated heterocycles. The zero-order chi connectivity index (χ0) is 7.56.